The molecule has 3 aromatic rings. The number of nitrogens with one attached hydrogen (secondary N) is 1. The number of benzene rings is 2. The van der Waals surface area contributed by atoms with Gasteiger partial charge in [-0.05, 0) is 48.4 Å². The maximum Gasteiger partial charge on any atom is 0.226 e. The number of thiazole rings is 1. The van der Waals surface area contributed by atoms with Gasteiger partial charge in [-0.1, -0.05) is 43.3 Å². The van der Waals surface area contributed by atoms with Gasteiger partial charge < -0.3 is 10.1 Å². The summed E-state index contributed by atoms with van der Waals surface area (Å²) in [5, 5.41) is 6.18. The monoisotopic (exact) mass is 406 g/mol. The molecule has 1 atom stereocenters. The summed E-state index contributed by atoms with van der Waals surface area (Å²) in [7, 11) is 1.66. The van der Waals surface area contributed by atoms with Crippen molar-refractivity contribution in [2.24, 2.45) is 5.92 Å². The molecule has 0 unspecified atom stereocenters. The van der Waals surface area contributed by atoms with E-state index in [1.807, 2.05) is 29.6 Å². The van der Waals surface area contributed by atoms with Crippen LogP contribution in [0.1, 0.15) is 42.6 Å². The van der Waals surface area contributed by atoms with Crippen LogP contribution in [0.25, 0.3) is 10.6 Å². The molecule has 0 bridgehead atoms. The zero-order chi connectivity index (χ0) is 20.2. The molecule has 150 valence electrons. The molecule has 5 heteroatoms. The highest BCUT2D eigenvalue weighted by atomic mass is 32.1. The summed E-state index contributed by atoms with van der Waals surface area (Å²) in [6.07, 6.45) is 3.65. The summed E-state index contributed by atoms with van der Waals surface area (Å²) in [6, 6.07) is 16.5. The predicted octanol–water partition coefficient (Wildman–Crippen LogP) is 5.19. The summed E-state index contributed by atoms with van der Waals surface area (Å²) in [5.74, 6) is 1.38. The molecule has 1 aliphatic carbocycles. The number of hydrogen-bond donors (Lipinski definition) is 1. The molecule has 1 amide bonds. The predicted molar refractivity (Wildman–Crippen MR) is 117 cm³/mol. The van der Waals surface area contributed by atoms with Gasteiger partial charge in [-0.15, -0.1) is 11.3 Å². The Morgan fingerprint density at radius 3 is 2.52 bits per heavy atom. The fourth-order valence-electron chi connectivity index (χ4n) is 3.51. The van der Waals surface area contributed by atoms with Crippen LogP contribution >= 0.6 is 11.3 Å². The molecular weight excluding hydrogens is 380 g/mol. The van der Waals surface area contributed by atoms with Crippen molar-refractivity contribution < 1.29 is 9.53 Å². The number of methoxy groups -OCH3 is 1. The van der Waals surface area contributed by atoms with Gasteiger partial charge in [0.15, 0.2) is 0 Å². The number of amides is 1. The Kier molecular flexibility index (Phi) is 5.95. The third-order valence-corrected chi connectivity index (χ3v) is 6.33. The van der Waals surface area contributed by atoms with Crippen LogP contribution in [0.15, 0.2) is 53.9 Å². The zero-order valence-corrected chi connectivity index (χ0v) is 17.7. The first-order valence-electron chi connectivity index (χ1n) is 10.1. The van der Waals surface area contributed by atoms with Crippen molar-refractivity contribution in [2.45, 2.75) is 38.6 Å². The van der Waals surface area contributed by atoms with Gasteiger partial charge >= 0.3 is 0 Å². The van der Waals surface area contributed by atoms with E-state index in [2.05, 4.69) is 41.5 Å². The average Bonchev–Trinajstić information content (AvgIpc) is 3.50. The van der Waals surface area contributed by atoms with Crippen LogP contribution in [0.4, 0.5) is 0 Å². The number of carbonyl (C=O) groups excluding carboxylic acids is 1. The molecule has 4 nitrogen and oxygen atoms in total. The Morgan fingerprint density at radius 2 is 1.90 bits per heavy atom. The van der Waals surface area contributed by atoms with Gasteiger partial charge in [-0.3, -0.25) is 4.79 Å². The highest BCUT2D eigenvalue weighted by molar-refractivity contribution is 7.13. The molecule has 29 heavy (non-hydrogen) atoms. The normalized spacial score (nSPS) is 14.4. The molecule has 1 heterocycles. The molecule has 1 fully saturated rings. The second-order valence-corrected chi connectivity index (χ2v) is 8.39. The van der Waals surface area contributed by atoms with Crippen molar-refractivity contribution in [1.82, 2.24) is 10.3 Å². The first-order valence-corrected chi connectivity index (χ1v) is 11.0. The van der Waals surface area contributed by atoms with Crippen LogP contribution in [-0.4, -0.2) is 18.0 Å². The lowest BCUT2D eigenvalue weighted by Crippen LogP contribution is -2.31. The van der Waals surface area contributed by atoms with E-state index in [4.69, 9.17) is 4.74 Å². The maximum absolute atomic E-state index is 12.7. The summed E-state index contributed by atoms with van der Waals surface area (Å²) in [6.45, 7) is 2.15. The SMILES string of the molecule is CCc1ccc(-c2nc(CC(=O)N[C@H](c3ccc(OC)cc3)C3CC3)cs2)cc1. The Labute approximate surface area is 176 Å². The van der Waals surface area contributed by atoms with Crippen molar-refractivity contribution in [3.8, 4) is 16.3 Å². The van der Waals surface area contributed by atoms with Crippen LogP contribution in [0.2, 0.25) is 0 Å². The molecule has 4 rings (SSSR count). The molecule has 1 aliphatic rings. The van der Waals surface area contributed by atoms with E-state index < -0.39 is 0 Å². The molecule has 2 aromatic carbocycles. The average molecular weight is 407 g/mol. The number of nitrogens with zero attached hydrogens (tertiary/aromatic N) is 1. The number of rotatable bonds is 8. The lowest BCUT2D eigenvalue weighted by atomic mass is 10.0. The van der Waals surface area contributed by atoms with Gasteiger partial charge in [0.1, 0.15) is 10.8 Å². The van der Waals surface area contributed by atoms with E-state index in [9.17, 15) is 4.79 Å². The molecule has 0 saturated heterocycles. The van der Waals surface area contributed by atoms with E-state index in [1.165, 1.54) is 5.56 Å². The maximum atomic E-state index is 12.7. The minimum absolute atomic E-state index is 0.0240. The van der Waals surface area contributed by atoms with Crippen LogP contribution in [0.3, 0.4) is 0 Å². The molecule has 0 radical (unpaired) electrons. The van der Waals surface area contributed by atoms with Gasteiger partial charge in [0.2, 0.25) is 5.91 Å². The second kappa shape index (κ2) is 8.78. The molecule has 0 spiro atoms. The largest absolute Gasteiger partial charge is 0.497 e. The van der Waals surface area contributed by atoms with Gasteiger partial charge in [0.05, 0.1) is 25.3 Å². The lowest BCUT2D eigenvalue weighted by Gasteiger charge is -2.19. The van der Waals surface area contributed by atoms with Crippen molar-refractivity contribution in [3.05, 3.63) is 70.7 Å². The van der Waals surface area contributed by atoms with E-state index in [-0.39, 0.29) is 11.9 Å². The minimum Gasteiger partial charge on any atom is -0.497 e. The third kappa shape index (κ3) is 4.85. The second-order valence-electron chi connectivity index (χ2n) is 7.53. The zero-order valence-electron chi connectivity index (χ0n) is 16.9. The molecular formula is C24H26N2O2S. The number of carbonyl (C=O) groups is 1. The summed E-state index contributed by atoms with van der Waals surface area (Å²) < 4.78 is 5.24. The first kappa shape index (κ1) is 19.6. The number of aromatic nitrogens is 1. The summed E-state index contributed by atoms with van der Waals surface area (Å²) >= 11 is 1.59. The third-order valence-electron chi connectivity index (χ3n) is 5.39. The van der Waals surface area contributed by atoms with E-state index in [0.29, 0.717) is 12.3 Å². The van der Waals surface area contributed by atoms with Crippen molar-refractivity contribution in [3.63, 3.8) is 0 Å². The Hall–Kier alpha value is -2.66. The van der Waals surface area contributed by atoms with Gasteiger partial charge in [-0.25, -0.2) is 4.98 Å². The van der Waals surface area contributed by atoms with Crippen LogP contribution < -0.4 is 10.1 Å². The Bertz CT molecular complexity index is 959. The van der Waals surface area contributed by atoms with Gasteiger partial charge in [-0.2, -0.15) is 0 Å². The van der Waals surface area contributed by atoms with Crippen molar-refractivity contribution in [2.75, 3.05) is 7.11 Å². The van der Waals surface area contributed by atoms with Crippen LogP contribution in [0.5, 0.6) is 5.75 Å². The minimum atomic E-state index is 0.0240. The van der Waals surface area contributed by atoms with Gasteiger partial charge in [0.25, 0.3) is 0 Å². The fourth-order valence-corrected chi connectivity index (χ4v) is 4.33. The first-order chi connectivity index (χ1) is 14.2. The Morgan fingerprint density at radius 1 is 1.17 bits per heavy atom. The molecule has 1 aromatic heterocycles. The molecule has 1 saturated carbocycles. The van der Waals surface area contributed by atoms with Crippen LogP contribution in [0, 0.1) is 5.92 Å². The molecule has 0 aliphatic heterocycles. The van der Waals surface area contributed by atoms with E-state index >= 15 is 0 Å². The molecule has 1 N–H and O–H groups in total. The summed E-state index contributed by atoms with van der Waals surface area (Å²) in [4.78, 5) is 17.4. The van der Waals surface area contributed by atoms with Gasteiger partial charge in [0, 0.05) is 10.9 Å². The van der Waals surface area contributed by atoms with Crippen molar-refractivity contribution in [1.29, 1.82) is 0 Å². The standard InChI is InChI=1S/C24H26N2O2S/c1-3-16-4-6-19(7-5-16)24-25-20(15-29-24)14-22(27)26-23(17-8-9-17)18-10-12-21(28-2)13-11-18/h4-7,10-13,15,17,23H,3,8-9,14H2,1-2H3,(H,26,27)/t23-/m0/s1. The van der Waals surface area contributed by atoms with E-state index in [1.54, 1.807) is 18.4 Å². The number of hydrogen-bond acceptors (Lipinski definition) is 4. The summed E-state index contributed by atoms with van der Waals surface area (Å²) in [5.41, 5.74) is 4.38. The Balaban J connectivity index is 1.41. The quantitative estimate of drug-likeness (QED) is 0.560. The van der Waals surface area contributed by atoms with Crippen molar-refractivity contribution >= 4 is 17.2 Å². The number of ether oxygens (including phenoxy) is 1. The number of aryl methyl sites for hydroxylation is 1. The lowest BCUT2D eigenvalue weighted by molar-refractivity contribution is -0.121. The topological polar surface area (TPSA) is 51.2 Å². The van der Waals surface area contributed by atoms with E-state index in [0.717, 1.165) is 46.8 Å². The fraction of sp³-hybridized carbons (Fsp3) is 0.333. The smallest absolute Gasteiger partial charge is 0.226 e. The highest BCUT2D eigenvalue weighted by Crippen LogP contribution is 2.41. The highest BCUT2D eigenvalue weighted by Gasteiger charge is 2.33. The van der Waals surface area contributed by atoms with Crippen LogP contribution in [-0.2, 0) is 17.6 Å².